The fraction of sp³-hybridized carbons (Fsp3) is 0.400. The Hall–Kier alpha value is -2.38. The first-order chi connectivity index (χ1) is 8.50. The summed E-state index contributed by atoms with van der Waals surface area (Å²) in [7, 11) is 1.40. The number of likely N-dealkylation sites (tertiary alicyclic amines) is 1. The molecule has 2 heterocycles. The van der Waals surface area contributed by atoms with Crippen LogP contribution in [0.15, 0.2) is 6.20 Å². The summed E-state index contributed by atoms with van der Waals surface area (Å²) < 4.78 is 0. The highest BCUT2D eigenvalue weighted by Crippen LogP contribution is 2.13. The van der Waals surface area contributed by atoms with Crippen molar-refractivity contribution in [3.8, 4) is 0 Å². The maximum absolute atomic E-state index is 11.8. The van der Waals surface area contributed by atoms with Crippen LogP contribution in [0.2, 0.25) is 0 Å². The number of imide groups is 1. The van der Waals surface area contributed by atoms with E-state index < -0.39 is 17.9 Å². The molecule has 1 aliphatic rings. The molecular weight excluding hydrogens is 238 g/mol. The van der Waals surface area contributed by atoms with Crippen LogP contribution in [0.25, 0.3) is 0 Å². The van der Waals surface area contributed by atoms with Gasteiger partial charge in [0.05, 0.1) is 11.9 Å². The monoisotopic (exact) mass is 251 g/mol. The summed E-state index contributed by atoms with van der Waals surface area (Å²) in [6.07, 6.45) is 1.83. The smallest absolute Gasteiger partial charge is 0.272 e. The predicted octanol–water partition coefficient (Wildman–Crippen LogP) is -1.13. The summed E-state index contributed by atoms with van der Waals surface area (Å²) in [6.45, 7) is 0. The van der Waals surface area contributed by atoms with E-state index in [1.54, 1.807) is 0 Å². The van der Waals surface area contributed by atoms with Crippen LogP contribution in [0.5, 0.6) is 0 Å². The lowest BCUT2D eigenvalue weighted by Gasteiger charge is -2.27. The molecule has 1 atom stereocenters. The van der Waals surface area contributed by atoms with Crippen molar-refractivity contribution in [2.75, 3.05) is 12.8 Å². The summed E-state index contributed by atoms with van der Waals surface area (Å²) >= 11 is 0. The van der Waals surface area contributed by atoms with Crippen molar-refractivity contribution in [1.82, 2.24) is 20.4 Å². The van der Waals surface area contributed by atoms with E-state index >= 15 is 0 Å². The number of anilines is 1. The number of nitrogens with one attached hydrogen (secondary N) is 2. The molecule has 8 heteroatoms. The number of hydrogen-bond acceptors (Lipinski definition) is 5. The molecule has 4 N–H and O–H groups in total. The van der Waals surface area contributed by atoms with Crippen LogP contribution < -0.4 is 11.1 Å². The highest BCUT2D eigenvalue weighted by molar-refractivity contribution is 6.04. The molecule has 1 fully saturated rings. The van der Waals surface area contributed by atoms with Crippen LogP contribution in [0.3, 0.4) is 0 Å². The third-order valence-corrected chi connectivity index (χ3v) is 2.85. The van der Waals surface area contributed by atoms with Gasteiger partial charge in [0.25, 0.3) is 11.8 Å². The number of rotatable bonds is 2. The van der Waals surface area contributed by atoms with Gasteiger partial charge in [0, 0.05) is 13.5 Å². The van der Waals surface area contributed by atoms with Gasteiger partial charge in [-0.3, -0.25) is 24.4 Å². The third kappa shape index (κ3) is 2.04. The van der Waals surface area contributed by atoms with Gasteiger partial charge >= 0.3 is 0 Å². The molecule has 0 aliphatic carbocycles. The van der Waals surface area contributed by atoms with E-state index in [1.807, 2.05) is 0 Å². The van der Waals surface area contributed by atoms with Gasteiger partial charge in [0.2, 0.25) is 5.91 Å². The highest BCUT2D eigenvalue weighted by Gasteiger charge is 2.33. The second-order valence-electron chi connectivity index (χ2n) is 4.06. The predicted molar refractivity (Wildman–Crippen MR) is 61.3 cm³/mol. The average Bonchev–Trinajstić information content (AvgIpc) is 2.76. The molecule has 0 radical (unpaired) electrons. The zero-order valence-corrected chi connectivity index (χ0v) is 9.77. The van der Waals surface area contributed by atoms with E-state index in [9.17, 15) is 14.4 Å². The van der Waals surface area contributed by atoms with E-state index in [0.717, 1.165) is 4.90 Å². The quantitative estimate of drug-likeness (QED) is 0.574. The van der Waals surface area contributed by atoms with Gasteiger partial charge in [-0.05, 0) is 6.42 Å². The molecule has 8 nitrogen and oxygen atoms in total. The number of piperidine rings is 1. The largest absolute Gasteiger partial charge is 0.396 e. The fourth-order valence-electron chi connectivity index (χ4n) is 1.76. The van der Waals surface area contributed by atoms with Crippen LogP contribution in [0, 0.1) is 0 Å². The molecular formula is C10H13N5O3. The molecule has 3 amide bonds. The minimum atomic E-state index is -0.706. The average molecular weight is 251 g/mol. The van der Waals surface area contributed by atoms with E-state index in [2.05, 4.69) is 15.5 Å². The summed E-state index contributed by atoms with van der Waals surface area (Å²) in [4.78, 5) is 35.9. The lowest BCUT2D eigenvalue weighted by Crippen LogP contribution is -2.53. The summed E-state index contributed by atoms with van der Waals surface area (Å²) in [5, 5.41) is 8.60. The summed E-state index contributed by atoms with van der Waals surface area (Å²) in [6, 6.07) is -0.706. The molecule has 2 rings (SSSR count). The Morgan fingerprint density at radius 1 is 1.61 bits per heavy atom. The van der Waals surface area contributed by atoms with Gasteiger partial charge in [-0.1, -0.05) is 0 Å². The molecule has 0 bridgehead atoms. The number of likely N-dealkylation sites (N-methyl/N-ethyl adjacent to an activating group) is 1. The lowest BCUT2D eigenvalue weighted by molar-refractivity contribution is -0.147. The Morgan fingerprint density at radius 3 is 2.94 bits per heavy atom. The standard InChI is InChI=1S/C10H13N5O3/c1-15-7(16)3-2-6(10(15)18)13-9(17)8-5(11)4-12-14-8/h4,6H,2-3,11H2,1H3,(H,12,14)(H,13,17). The van der Waals surface area contributed by atoms with Crippen LogP contribution in [0.4, 0.5) is 5.69 Å². The van der Waals surface area contributed by atoms with Crippen LogP contribution in [0.1, 0.15) is 23.3 Å². The first kappa shape index (κ1) is 12.1. The minimum Gasteiger partial charge on any atom is -0.396 e. The fourth-order valence-corrected chi connectivity index (χ4v) is 1.76. The van der Waals surface area contributed by atoms with Gasteiger partial charge in [0.1, 0.15) is 11.7 Å². The van der Waals surface area contributed by atoms with Gasteiger partial charge in [-0.2, -0.15) is 5.10 Å². The zero-order valence-electron chi connectivity index (χ0n) is 9.77. The Balaban J connectivity index is 2.06. The number of H-pyrrole nitrogens is 1. The third-order valence-electron chi connectivity index (χ3n) is 2.85. The van der Waals surface area contributed by atoms with Gasteiger partial charge in [-0.15, -0.1) is 0 Å². The number of nitrogens with two attached hydrogens (primary N) is 1. The number of nitrogens with zero attached hydrogens (tertiary/aromatic N) is 2. The van der Waals surface area contributed by atoms with Gasteiger partial charge in [-0.25, -0.2) is 0 Å². The van der Waals surface area contributed by atoms with Crippen molar-refractivity contribution in [1.29, 1.82) is 0 Å². The van der Waals surface area contributed by atoms with E-state index in [0.29, 0.717) is 6.42 Å². The van der Waals surface area contributed by atoms with Gasteiger partial charge < -0.3 is 11.1 Å². The summed E-state index contributed by atoms with van der Waals surface area (Å²) in [5.41, 5.74) is 5.85. The zero-order chi connectivity index (χ0) is 13.3. The van der Waals surface area contributed by atoms with Crippen LogP contribution in [-0.4, -0.2) is 45.9 Å². The first-order valence-corrected chi connectivity index (χ1v) is 5.41. The maximum atomic E-state index is 11.8. The van der Waals surface area contributed by atoms with Crippen LogP contribution >= 0.6 is 0 Å². The number of aromatic amines is 1. The molecule has 1 unspecified atom stereocenters. The molecule has 1 saturated heterocycles. The minimum absolute atomic E-state index is 0.113. The number of aromatic nitrogens is 2. The molecule has 1 aromatic rings. The highest BCUT2D eigenvalue weighted by atomic mass is 16.2. The number of amides is 3. The topological polar surface area (TPSA) is 121 Å². The van der Waals surface area contributed by atoms with Crippen LogP contribution in [-0.2, 0) is 9.59 Å². The van der Waals surface area contributed by atoms with Crippen molar-refractivity contribution in [3.05, 3.63) is 11.9 Å². The van der Waals surface area contributed by atoms with Crippen molar-refractivity contribution < 1.29 is 14.4 Å². The molecule has 18 heavy (non-hydrogen) atoms. The van der Waals surface area contributed by atoms with Crippen molar-refractivity contribution >= 4 is 23.4 Å². The lowest BCUT2D eigenvalue weighted by atomic mass is 10.0. The van der Waals surface area contributed by atoms with Gasteiger partial charge in [0.15, 0.2) is 0 Å². The maximum Gasteiger partial charge on any atom is 0.272 e. The van der Waals surface area contributed by atoms with E-state index in [1.165, 1.54) is 13.2 Å². The SMILES string of the molecule is CN1C(=O)CCC(NC(=O)c2[nH]ncc2N)C1=O. The van der Waals surface area contributed by atoms with E-state index in [-0.39, 0.29) is 23.7 Å². The molecule has 0 aromatic carbocycles. The van der Waals surface area contributed by atoms with Crippen molar-refractivity contribution in [2.45, 2.75) is 18.9 Å². The Kier molecular flexibility index (Phi) is 3.00. The number of carbonyl (C=O) groups is 3. The second kappa shape index (κ2) is 4.47. The Labute approximate surface area is 103 Å². The second-order valence-corrected chi connectivity index (χ2v) is 4.06. The number of hydrogen-bond donors (Lipinski definition) is 3. The molecule has 1 aromatic heterocycles. The van der Waals surface area contributed by atoms with E-state index in [4.69, 9.17) is 5.73 Å². The molecule has 0 spiro atoms. The number of carbonyl (C=O) groups excluding carboxylic acids is 3. The molecule has 96 valence electrons. The Bertz CT molecular complexity index is 509. The number of nitrogen functional groups attached to an aromatic ring is 1. The summed E-state index contributed by atoms with van der Waals surface area (Å²) in [5.74, 6) is -1.17. The molecule has 0 saturated carbocycles. The van der Waals surface area contributed by atoms with Crippen molar-refractivity contribution in [2.24, 2.45) is 0 Å². The van der Waals surface area contributed by atoms with Crippen molar-refractivity contribution in [3.63, 3.8) is 0 Å². The molecule has 1 aliphatic heterocycles. The first-order valence-electron chi connectivity index (χ1n) is 5.41. The normalized spacial score (nSPS) is 20.1. The Morgan fingerprint density at radius 2 is 2.33 bits per heavy atom.